The van der Waals surface area contributed by atoms with Gasteiger partial charge in [-0.1, -0.05) is 19.9 Å². The Morgan fingerprint density at radius 1 is 1.26 bits per heavy atom. The monoisotopic (exact) mass is 261 g/mol. The van der Waals surface area contributed by atoms with Crippen LogP contribution in [0.1, 0.15) is 49.0 Å². The van der Waals surface area contributed by atoms with Crippen molar-refractivity contribution in [3.8, 4) is 5.75 Å². The van der Waals surface area contributed by atoms with Crippen molar-refractivity contribution in [3.63, 3.8) is 0 Å². The van der Waals surface area contributed by atoms with Crippen LogP contribution in [-0.4, -0.2) is 29.0 Å². The number of benzene rings is 1. The Labute approximate surface area is 115 Å². The van der Waals surface area contributed by atoms with E-state index in [4.69, 9.17) is 0 Å². The van der Waals surface area contributed by atoms with E-state index in [1.165, 1.54) is 0 Å². The highest BCUT2D eigenvalue weighted by atomic mass is 16.3. The molecular weight excluding hydrogens is 238 g/mol. The zero-order valence-electron chi connectivity index (χ0n) is 12.1. The van der Waals surface area contributed by atoms with Crippen molar-refractivity contribution in [1.29, 1.82) is 0 Å². The Morgan fingerprint density at radius 2 is 2.00 bits per heavy atom. The molecule has 19 heavy (non-hydrogen) atoms. The minimum absolute atomic E-state index is 0.0461. The lowest BCUT2D eigenvalue weighted by atomic mass is 9.85. The first-order valence-electron chi connectivity index (χ1n) is 6.98. The van der Waals surface area contributed by atoms with Gasteiger partial charge in [-0.05, 0) is 49.3 Å². The summed E-state index contributed by atoms with van der Waals surface area (Å²) in [4.78, 5) is 14.3. The molecule has 2 rings (SSSR count). The third-order valence-electron chi connectivity index (χ3n) is 4.01. The Balaban J connectivity index is 2.15. The average molecular weight is 261 g/mol. The van der Waals surface area contributed by atoms with Gasteiger partial charge in [-0.15, -0.1) is 0 Å². The molecule has 104 valence electrons. The number of nitrogens with zero attached hydrogens (tertiary/aromatic N) is 1. The fourth-order valence-corrected chi connectivity index (χ4v) is 2.62. The zero-order valence-corrected chi connectivity index (χ0v) is 12.1. The van der Waals surface area contributed by atoms with Gasteiger partial charge in [-0.3, -0.25) is 4.79 Å². The lowest BCUT2D eigenvalue weighted by Gasteiger charge is -2.23. The Hall–Kier alpha value is -1.51. The van der Waals surface area contributed by atoms with Crippen molar-refractivity contribution in [2.24, 2.45) is 5.41 Å². The molecule has 1 saturated heterocycles. The van der Waals surface area contributed by atoms with Crippen LogP contribution in [0.4, 0.5) is 0 Å². The first-order valence-corrected chi connectivity index (χ1v) is 6.98. The molecule has 0 aromatic heterocycles. The summed E-state index contributed by atoms with van der Waals surface area (Å²) in [7, 11) is 0. The molecule has 1 fully saturated rings. The van der Waals surface area contributed by atoms with Crippen LogP contribution in [0.2, 0.25) is 0 Å². The minimum Gasteiger partial charge on any atom is -0.507 e. The van der Waals surface area contributed by atoms with Gasteiger partial charge in [0.2, 0.25) is 0 Å². The van der Waals surface area contributed by atoms with Crippen LogP contribution in [0.25, 0.3) is 0 Å². The molecule has 3 heteroatoms. The molecule has 0 atom stereocenters. The van der Waals surface area contributed by atoms with Crippen LogP contribution in [0.3, 0.4) is 0 Å². The van der Waals surface area contributed by atoms with E-state index < -0.39 is 0 Å². The first-order chi connectivity index (χ1) is 8.89. The number of aryl methyl sites for hydroxylation is 1. The number of aromatic hydroxyl groups is 1. The second-order valence-electron chi connectivity index (χ2n) is 6.33. The van der Waals surface area contributed by atoms with Crippen LogP contribution in [0, 0.1) is 12.3 Å². The molecule has 0 aliphatic carbocycles. The maximum Gasteiger partial charge on any atom is 0.257 e. The number of likely N-dealkylation sites (tertiary alicyclic amines) is 1. The highest BCUT2D eigenvalue weighted by Gasteiger charge is 2.26. The number of rotatable bonds is 1. The number of amides is 1. The van der Waals surface area contributed by atoms with Gasteiger partial charge in [0.05, 0.1) is 5.56 Å². The fourth-order valence-electron chi connectivity index (χ4n) is 2.62. The van der Waals surface area contributed by atoms with Crippen LogP contribution in [-0.2, 0) is 0 Å². The molecule has 0 radical (unpaired) electrons. The Kier molecular flexibility index (Phi) is 3.83. The quantitative estimate of drug-likeness (QED) is 0.842. The van der Waals surface area contributed by atoms with Gasteiger partial charge in [0.15, 0.2) is 0 Å². The van der Waals surface area contributed by atoms with E-state index in [-0.39, 0.29) is 11.7 Å². The fraction of sp³-hybridized carbons (Fsp3) is 0.562. The highest BCUT2D eigenvalue weighted by molar-refractivity contribution is 5.96. The lowest BCUT2D eigenvalue weighted by Crippen LogP contribution is -2.32. The molecule has 0 bridgehead atoms. The summed E-state index contributed by atoms with van der Waals surface area (Å²) in [5.41, 5.74) is 1.70. The van der Waals surface area contributed by atoms with Crippen LogP contribution >= 0.6 is 0 Å². The topological polar surface area (TPSA) is 40.5 Å². The van der Waals surface area contributed by atoms with E-state index in [9.17, 15) is 9.90 Å². The molecule has 1 heterocycles. The summed E-state index contributed by atoms with van der Waals surface area (Å²) in [6.45, 7) is 7.98. The summed E-state index contributed by atoms with van der Waals surface area (Å²) in [6.07, 6.45) is 3.20. The normalized spacial score (nSPS) is 19.0. The summed E-state index contributed by atoms with van der Waals surface area (Å²) in [6, 6.07) is 5.24. The maximum absolute atomic E-state index is 12.5. The zero-order chi connectivity index (χ0) is 14.0. The smallest absolute Gasteiger partial charge is 0.257 e. The third kappa shape index (κ3) is 3.28. The van der Waals surface area contributed by atoms with E-state index in [0.29, 0.717) is 11.0 Å². The van der Waals surface area contributed by atoms with Gasteiger partial charge >= 0.3 is 0 Å². The third-order valence-corrected chi connectivity index (χ3v) is 4.01. The Bertz CT molecular complexity index is 480. The van der Waals surface area contributed by atoms with Crippen molar-refractivity contribution >= 4 is 5.91 Å². The minimum atomic E-state index is -0.0461. The van der Waals surface area contributed by atoms with Crippen molar-refractivity contribution in [2.45, 2.75) is 40.0 Å². The number of hydrogen-bond acceptors (Lipinski definition) is 2. The second kappa shape index (κ2) is 5.24. The summed E-state index contributed by atoms with van der Waals surface area (Å²) in [5, 5.41) is 9.92. The molecule has 0 unspecified atom stereocenters. The van der Waals surface area contributed by atoms with E-state index in [1.54, 1.807) is 12.1 Å². The van der Waals surface area contributed by atoms with Gasteiger partial charge < -0.3 is 10.0 Å². The van der Waals surface area contributed by atoms with E-state index >= 15 is 0 Å². The molecule has 1 aliphatic heterocycles. The molecule has 1 N–H and O–H groups in total. The molecule has 1 aromatic rings. The van der Waals surface area contributed by atoms with E-state index in [1.807, 2.05) is 17.9 Å². The molecule has 0 saturated carbocycles. The molecule has 0 spiro atoms. The van der Waals surface area contributed by atoms with Gasteiger partial charge in [0, 0.05) is 13.1 Å². The molecule has 1 aliphatic rings. The van der Waals surface area contributed by atoms with Crippen LogP contribution in [0.15, 0.2) is 18.2 Å². The average Bonchev–Trinajstić information content (AvgIpc) is 2.49. The number of phenols is 1. The lowest BCUT2D eigenvalue weighted by molar-refractivity contribution is 0.0754. The summed E-state index contributed by atoms with van der Waals surface area (Å²) in [5.74, 6) is 0.0451. The first kappa shape index (κ1) is 13.9. The summed E-state index contributed by atoms with van der Waals surface area (Å²) < 4.78 is 0. The largest absolute Gasteiger partial charge is 0.507 e. The van der Waals surface area contributed by atoms with Crippen LogP contribution < -0.4 is 0 Å². The number of hydrogen-bond donors (Lipinski definition) is 1. The van der Waals surface area contributed by atoms with Gasteiger partial charge in [0.1, 0.15) is 5.75 Å². The number of carbonyl (C=O) groups is 1. The van der Waals surface area contributed by atoms with Gasteiger partial charge in [-0.25, -0.2) is 0 Å². The van der Waals surface area contributed by atoms with Crippen molar-refractivity contribution in [1.82, 2.24) is 4.90 Å². The Morgan fingerprint density at radius 3 is 2.68 bits per heavy atom. The predicted molar refractivity (Wildman–Crippen MR) is 76.4 cm³/mol. The number of carbonyl (C=O) groups excluding carboxylic acids is 1. The second-order valence-corrected chi connectivity index (χ2v) is 6.33. The van der Waals surface area contributed by atoms with E-state index in [2.05, 4.69) is 13.8 Å². The molecule has 1 amide bonds. The van der Waals surface area contributed by atoms with Crippen molar-refractivity contribution < 1.29 is 9.90 Å². The predicted octanol–water partition coefficient (Wildman–Crippen LogP) is 3.35. The summed E-state index contributed by atoms with van der Waals surface area (Å²) >= 11 is 0. The van der Waals surface area contributed by atoms with Crippen molar-refractivity contribution in [2.75, 3.05) is 13.1 Å². The van der Waals surface area contributed by atoms with Gasteiger partial charge in [-0.2, -0.15) is 0 Å². The van der Waals surface area contributed by atoms with Gasteiger partial charge in [0.25, 0.3) is 5.91 Å². The standard InChI is InChI=1S/C16H23NO2/c1-12-5-6-13(14(18)11-12)15(19)17-9-4-7-16(2,3)8-10-17/h5-6,11,18H,4,7-10H2,1-3H3. The maximum atomic E-state index is 12.5. The molecule has 1 aromatic carbocycles. The highest BCUT2D eigenvalue weighted by Crippen LogP contribution is 2.31. The van der Waals surface area contributed by atoms with Crippen LogP contribution in [0.5, 0.6) is 5.75 Å². The number of phenolic OH excluding ortho intramolecular Hbond substituents is 1. The SMILES string of the molecule is Cc1ccc(C(=O)N2CCCC(C)(C)CC2)c(O)c1. The molecular formula is C16H23NO2. The van der Waals surface area contributed by atoms with Crippen molar-refractivity contribution in [3.05, 3.63) is 29.3 Å². The molecule has 3 nitrogen and oxygen atoms in total. The van der Waals surface area contributed by atoms with E-state index in [0.717, 1.165) is 37.9 Å².